The van der Waals surface area contributed by atoms with Gasteiger partial charge in [-0.15, -0.1) is 0 Å². The van der Waals surface area contributed by atoms with Gasteiger partial charge < -0.3 is 0 Å². The fourth-order valence-corrected chi connectivity index (χ4v) is 1.37. The quantitative estimate of drug-likeness (QED) is 0.488. The summed E-state index contributed by atoms with van der Waals surface area (Å²) in [5.74, 6) is 0.523. The van der Waals surface area contributed by atoms with Gasteiger partial charge in [0.15, 0.2) is 0 Å². The van der Waals surface area contributed by atoms with Crippen molar-refractivity contribution in [1.29, 1.82) is 5.26 Å². The molecule has 0 amide bonds. The Morgan fingerprint density at radius 3 is 2.44 bits per heavy atom. The molecule has 0 radical (unpaired) electrons. The highest BCUT2D eigenvalue weighted by Gasteiger charge is 2.16. The van der Waals surface area contributed by atoms with Crippen LogP contribution >= 0.6 is 0 Å². The molecule has 0 unspecified atom stereocenters. The van der Waals surface area contributed by atoms with E-state index in [2.05, 4.69) is 12.6 Å². The number of nitrogens with zero attached hydrogens (tertiary/aromatic N) is 1. The van der Waals surface area contributed by atoms with E-state index in [0.717, 1.165) is 5.57 Å². The summed E-state index contributed by atoms with van der Waals surface area (Å²) in [4.78, 5) is 0. The largest absolute Gasteiger partial charge is 0.193 e. The number of nitriles is 1. The molecule has 1 aliphatic rings. The third-order valence-corrected chi connectivity index (χ3v) is 1.99. The van der Waals surface area contributed by atoms with Gasteiger partial charge in [-0.05, 0) is 18.8 Å². The second-order valence-electron chi connectivity index (χ2n) is 2.62. The van der Waals surface area contributed by atoms with Crippen LogP contribution in [-0.2, 0) is 0 Å². The van der Waals surface area contributed by atoms with Crippen molar-refractivity contribution < 1.29 is 0 Å². The van der Waals surface area contributed by atoms with Gasteiger partial charge >= 0.3 is 0 Å². The third kappa shape index (κ3) is 1.32. The van der Waals surface area contributed by atoms with Crippen LogP contribution in [-0.4, -0.2) is 0 Å². The zero-order valence-electron chi connectivity index (χ0n) is 5.56. The maximum atomic E-state index is 8.45. The highest BCUT2D eigenvalue weighted by Crippen LogP contribution is 2.29. The molecule has 1 saturated carbocycles. The molecule has 0 spiro atoms. The Bertz CT molecular complexity index is 146. The molecular formula is C8H11N. The molecule has 0 heterocycles. The molecule has 1 nitrogen and oxygen atoms in total. The van der Waals surface area contributed by atoms with Gasteiger partial charge in [0.2, 0.25) is 0 Å². The van der Waals surface area contributed by atoms with Crippen LogP contribution in [0.15, 0.2) is 12.2 Å². The molecule has 0 aromatic carbocycles. The lowest BCUT2D eigenvalue weighted by atomic mass is 10.0. The first-order valence-electron chi connectivity index (χ1n) is 3.43. The Kier molecular flexibility index (Phi) is 1.89. The van der Waals surface area contributed by atoms with E-state index in [4.69, 9.17) is 5.26 Å². The number of rotatable bonds is 1. The second kappa shape index (κ2) is 2.68. The second-order valence-corrected chi connectivity index (χ2v) is 2.62. The van der Waals surface area contributed by atoms with Crippen LogP contribution in [0.3, 0.4) is 0 Å². The van der Waals surface area contributed by atoms with Gasteiger partial charge in [0.1, 0.15) is 0 Å². The zero-order valence-corrected chi connectivity index (χ0v) is 5.56. The van der Waals surface area contributed by atoms with E-state index in [1.54, 1.807) is 0 Å². The molecule has 0 aliphatic heterocycles. The van der Waals surface area contributed by atoms with Crippen molar-refractivity contribution in [1.82, 2.24) is 0 Å². The molecule has 0 atom stereocenters. The van der Waals surface area contributed by atoms with E-state index in [0.29, 0.717) is 5.92 Å². The maximum absolute atomic E-state index is 8.45. The van der Waals surface area contributed by atoms with Crippen molar-refractivity contribution in [3.63, 3.8) is 0 Å². The minimum Gasteiger partial charge on any atom is -0.193 e. The highest BCUT2D eigenvalue weighted by atomic mass is 14.3. The Balaban J connectivity index is 2.44. The summed E-state index contributed by atoms with van der Waals surface area (Å²) in [7, 11) is 0. The van der Waals surface area contributed by atoms with E-state index in [-0.39, 0.29) is 0 Å². The molecule has 0 aromatic rings. The molecule has 1 heteroatoms. The number of hydrogen-bond donors (Lipinski definition) is 0. The molecule has 1 rings (SSSR count). The molecule has 0 aromatic heterocycles. The SMILES string of the molecule is C=C(C#N)C1CCCC1. The zero-order chi connectivity index (χ0) is 6.69. The van der Waals surface area contributed by atoms with E-state index >= 15 is 0 Å². The molecule has 0 saturated heterocycles. The Morgan fingerprint density at radius 1 is 1.44 bits per heavy atom. The lowest BCUT2D eigenvalue weighted by Crippen LogP contribution is -1.93. The van der Waals surface area contributed by atoms with Gasteiger partial charge in [0, 0.05) is 5.57 Å². The highest BCUT2D eigenvalue weighted by molar-refractivity contribution is 5.20. The van der Waals surface area contributed by atoms with Crippen LogP contribution < -0.4 is 0 Å². The van der Waals surface area contributed by atoms with E-state index in [1.165, 1.54) is 25.7 Å². The van der Waals surface area contributed by atoms with Crippen LogP contribution in [0.1, 0.15) is 25.7 Å². The fraction of sp³-hybridized carbons (Fsp3) is 0.625. The van der Waals surface area contributed by atoms with Crippen molar-refractivity contribution in [3.8, 4) is 6.07 Å². The van der Waals surface area contributed by atoms with Gasteiger partial charge in [-0.2, -0.15) is 5.26 Å². The third-order valence-electron chi connectivity index (χ3n) is 1.99. The average molecular weight is 121 g/mol. The minimum absolute atomic E-state index is 0.523. The Labute approximate surface area is 56.0 Å². The topological polar surface area (TPSA) is 23.8 Å². The molecule has 0 bridgehead atoms. The monoisotopic (exact) mass is 121 g/mol. The fourth-order valence-electron chi connectivity index (χ4n) is 1.37. The molecule has 48 valence electrons. The molecule has 1 fully saturated rings. The first kappa shape index (κ1) is 6.35. The molecular weight excluding hydrogens is 110 g/mol. The van der Waals surface area contributed by atoms with Crippen LogP contribution in [0.4, 0.5) is 0 Å². The summed E-state index contributed by atoms with van der Waals surface area (Å²) >= 11 is 0. The van der Waals surface area contributed by atoms with E-state index < -0.39 is 0 Å². The summed E-state index contributed by atoms with van der Waals surface area (Å²) in [6.07, 6.45) is 4.94. The summed E-state index contributed by atoms with van der Waals surface area (Å²) in [6.45, 7) is 3.69. The van der Waals surface area contributed by atoms with Crippen LogP contribution in [0.25, 0.3) is 0 Å². The number of allylic oxidation sites excluding steroid dienone is 1. The van der Waals surface area contributed by atoms with Gasteiger partial charge in [-0.1, -0.05) is 19.4 Å². The summed E-state index contributed by atoms with van der Waals surface area (Å²) in [5, 5.41) is 8.45. The predicted molar refractivity (Wildman–Crippen MR) is 36.7 cm³/mol. The van der Waals surface area contributed by atoms with Gasteiger partial charge in [0.05, 0.1) is 6.07 Å². The standard InChI is InChI=1S/C8H11N/c1-7(6-9)8-4-2-3-5-8/h8H,1-5H2. The van der Waals surface area contributed by atoms with E-state index in [1.807, 2.05) is 0 Å². The summed E-state index contributed by atoms with van der Waals surface area (Å²) in [6, 6.07) is 2.11. The smallest absolute Gasteiger partial charge is 0.0943 e. The summed E-state index contributed by atoms with van der Waals surface area (Å²) < 4.78 is 0. The normalized spacial score (nSPS) is 19.4. The Hall–Kier alpha value is -0.770. The maximum Gasteiger partial charge on any atom is 0.0943 e. The molecule has 1 aliphatic carbocycles. The van der Waals surface area contributed by atoms with Crippen LogP contribution in [0.2, 0.25) is 0 Å². The lowest BCUT2D eigenvalue weighted by Gasteiger charge is -2.02. The van der Waals surface area contributed by atoms with Crippen molar-refractivity contribution in [2.24, 2.45) is 5.92 Å². The van der Waals surface area contributed by atoms with Gasteiger partial charge in [-0.25, -0.2) is 0 Å². The molecule has 9 heavy (non-hydrogen) atoms. The predicted octanol–water partition coefficient (Wildman–Crippen LogP) is 2.26. The van der Waals surface area contributed by atoms with Crippen LogP contribution in [0, 0.1) is 17.2 Å². The summed E-state index contributed by atoms with van der Waals surface area (Å²) in [5.41, 5.74) is 0.785. The van der Waals surface area contributed by atoms with E-state index in [9.17, 15) is 0 Å². The number of hydrogen-bond acceptors (Lipinski definition) is 1. The minimum atomic E-state index is 0.523. The lowest BCUT2D eigenvalue weighted by molar-refractivity contribution is 0.663. The first-order valence-corrected chi connectivity index (χ1v) is 3.43. The first-order chi connectivity index (χ1) is 4.34. The van der Waals surface area contributed by atoms with Crippen molar-refractivity contribution in [2.75, 3.05) is 0 Å². The van der Waals surface area contributed by atoms with Gasteiger partial charge in [0.25, 0.3) is 0 Å². The van der Waals surface area contributed by atoms with Crippen LogP contribution in [0.5, 0.6) is 0 Å². The molecule has 0 N–H and O–H groups in total. The Morgan fingerprint density at radius 2 is 2.00 bits per heavy atom. The van der Waals surface area contributed by atoms with Crippen molar-refractivity contribution in [2.45, 2.75) is 25.7 Å². The average Bonchev–Trinajstić information content (AvgIpc) is 2.37. The van der Waals surface area contributed by atoms with Crippen molar-refractivity contribution in [3.05, 3.63) is 12.2 Å². The van der Waals surface area contributed by atoms with Gasteiger partial charge in [-0.3, -0.25) is 0 Å². The van der Waals surface area contributed by atoms with Crippen molar-refractivity contribution >= 4 is 0 Å².